The number of carbonyl (C=O) groups is 1. The van der Waals surface area contributed by atoms with Gasteiger partial charge in [-0.2, -0.15) is 0 Å². The average Bonchev–Trinajstić information content (AvgIpc) is 2.78. The van der Waals surface area contributed by atoms with Crippen LogP contribution < -0.4 is 14.2 Å². The average molecular weight is 388 g/mol. The molecule has 29 heavy (non-hydrogen) atoms. The third-order valence-corrected chi connectivity index (χ3v) is 5.14. The summed E-state index contributed by atoms with van der Waals surface area (Å²) < 4.78 is 17.7. The van der Waals surface area contributed by atoms with E-state index in [-0.39, 0.29) is 0 Å². The molecule has 0 saturated heterocycles. The van der Waals surface area contributed by atoms with Crippen LogP contribution in [0.3, 0.4) is 0 Å². The highest BCUT2D eigenvalue weighted by atomic mass is 16.5. The predicted octanol–water partition coefficient (Wildman–Crippen LogP) is 5.27. The van der Waals surface area contributed by atoms with Crippen molar-refractivity contribution in [3.8, 4) is 17.2 Å². The molecule has 4 nitrogen and oxygen atoms in total. The van der Waals surface area contributed by atoms with Gasteiger partial charge < -0.3 is 14.2 Å². The van der Waals surface area contributed by atoms with E-state index in [1.165, 1.54) is 6.08 Å². The molecule has 0 amide bonds. The summed E-state index contributed by atoms with van der Waals surface area (Å²) in [6.07, 6.45) is 5.15. The molecular formula is C25H24O4. The maximum atomic E-state index is 12.0. The Morgan fingerprint density at radius 3 is 2.10 bits per heavy atom. The summed E-state index contributed by atoms with van der Waals surface area (Å²) in [4.78, 5) is 12.0. The molecule has 3 aromatic rings. The van der Waals surface area contributed by atoms with E-state index in [2.05, 4.69) is 6.58 Å². The predicted molar refractivity (Wildman–Crippen MR) is 114 cm³/mol. The van der Waals surface area contributed by atoms with E-state index in [4.69, 9.17) is 14.2 Å². The summed E-state index contributed by atoms with van der Waals surface area (Å²) in [6, 6.07) is 17.6. The first kappa shape index (κ1) is 19.1. The van der Waals surface area contributed by atoms with Gasteiger partial charge in [0.2, 0.25) is 0 Å². The Hall–Kier alpha value is -3.27. The quantitative estimate of drug-likeness (QED) is 0.239. The van der Waals surface area contributed by atoms with Gasteiger partial charge in [-0.05, 0) is 37.8 Å². The molecule has 0 heterocycles. The summed E-state index contributed by atoms with van der Waals surface area (Å²) in [6.45, 7) is 4.43. The van der Waals surface area contributed by atoms with Gasteiger partial charge in [0.25, 0.3) is 0 Å². The molecule has 0 atom stereocenters. The second kappa shape index (κ2) is 8.82. The zero-order valence-corrected chi connectivity index (χ0v) is 16.4. The van der Waals surface area contributed by atoms with E-state index in [9.17, 15) is 4.79 Å². The van der Waals surface area contributed by atoms with Crippen LogP contribution in [-0.4, -0.2) is 19.2 Å². The Labute approximate surface area is 170 Å². The van der Waals surface area contributed by atoms with Gasteiger partial charge in [-0.25, -0.2) is 4.79 Å². The molecule has 0 bridgehead atoms. The minimum atomic E-state index is -0.437. The lowest BCUT2D eigenvalue weighted by Gasteiger charge is -2.24. The minimum Gasteiger partial charge on any atom is -0.490 e. The molecule has 1 aliphatic carbocycles. The van der Waals surface area contributed by atoms with Crippen LogP contribution in [0.2, 0.25) is 0 Å². The molecule has 0 radical (unpaired) electrons. The van der Waals surface area contributed by atoms with Gasteiger partial charge in [0.05, 0.1) is 0 Å². The van der Waals surface area contributed by atoms with Crippen LogP contribution in [0.1, 0.15) is 24.0 Å². The van der Waals surface area contributed by atoms with Gasteiger partial charge in [0, 0.05) is 28.0 Å². The molecule has 0 aliphatic heterocycles. The van der Waals surface area contributed by atoms with E-state index in [0.717, 1.165) is 59.1 Å². The van der Waals surface area contributed by atoms with Crippen LogP contribution in [-0.2, 0) is 17.6 Å². The fourth-order valence-electron chi connectivity index (χ4n) is 3.85. The summed E-state index contributed by atoms with van der Waals surface area (Å²) in [5.74, 6) is 1.92. The van der Waals surface area contributed by atoms with Gasteiger partial charge in [-0.3, -0.25) is 0 Å². The van der Waals surface area contributed by atoms with Crippen LogP contribution in [0.15, 0.2) is 67.3 Å². The third-order valence-electron chi connectivity index (χ3n) is 5.14. The van der Waals surface area contributed by atoms with Gasteiger partial charge in [-0.15, -0.1) is 0 Å². The van der Waals surface area contributed by atoms with Crippen molar-refractivity contribution in [1.82, 2.24) is 0 Å². The fourth-order valence-corrected chi connectivity index (χ4v) is 3.85. The van der Waals surface area contributed by atoms with Gasteiger partial charge in [-0.1, -0.05) is 49.0 Å². The lowest BCUT2D eigenvalue weighted by molar-refractivity contribution is -0.128. The van der Waals surface area contributed by atoms with Crippen molar-refractivity contribution in [1.29, 1.82) is 0 Å². The summed E-state index contributed by atoms with van der Waals surface area (Å²) in [5.41, 5.74) is 2.21. The molecule has 3 aromatic carbocycles. The monoisotopic (exact) mass is 388 g/mol. The molecule has 1 aliphatic rings. The van der Waals surface area contributed by atoms with Gasteiger partial charge in [0.15, 0.2) is 0 Å². The number of hydrogen-bond acceptors (Lipinski definition) is 4. The summed E-state index contributed by atoms with van der Waals surface area (Å²) >= 11 is 0. The SMILES string of the molecule is C=CC(=O)Oc1c2c(c(OCCOc3ccccc3)c3ccccc13)CCCC2. The fraction of sp³-hybridized carbons (Fsp3) is 0.240. The van der Waals surface area contributed by atoms with Crippen molar-refractivity contribution in [2.45, 2.75) is 25.7 Å². The summed E-state index contributed by atoms with van der Waals surface area (Å²) in [7, 11) is 0. The lowest BCUT2D eigenvalue weighted by atomic mass is 9.87. The molecule has 0 saturated carbocycles. The van der Waals surface area contributed by atoms with E-state index in [0.29, 0.717) is 19.0 Å². The Morgan fingerprint density at radius 2 is 1.41 bits per heavy atom. The van der Waals surface area contributed by atoms with Crippen molar-refractivity contribution in [3.05, 3.63) is 78.4 Å². The number of benzene rings is 3. The maximum Gasteiger partial charge on any atom is 0.335 e. The lowest BCUT2D eigenvalue weighted by Crippen LogP contribution is -2.15. The molecular weight excluding hydrogens is 364 g/mol. The second-order valence-electron chi connectivity index (χ2n) is 7.00. The molecule has 0 N–H and O–H groups in total. The Morgan fingerprint density at radius 1 is 0.828 bits per heavy atom. The number of rotatable bonds is 7. The molecule has 0 aromatic heterocycles. The first-order chi connectivity index (χ1) is 14.3. The molecule has 4 rings (SSSR count). The van der Waals surface area contributed by atoms with Crippen molar-refractivity contribution < 1.29 is 19.0 Å². The zero-order valence-electron chi connectivity index (χ0n) is 16.4. The van der Waals surface area contributed by atoms with Crippen LogP contribution in [0.4, 0.5) is 0 Å². The Balaban J connectivity index is 1.65. The highest BCUT2D eigenvalue weighted by molar-refractivity contribution is 5.98. The highest BCUT2D eigenvalue weighted by Crippen LogP contribution is 2.44. The van der Waals surface area contributed by atoms with Crippen molar-refractivity contribution in [2.24, 2.45) is 0 Å². The summed E-state index contributed by atoms with van der Waals surface area (Å²) in [5, 5.41) is 1.85. The minimum absolute atomic E-state index is 0.437. The van der Waals surface area contributed by atoms with E-state index in [1.807, 2.05) is 54.6 Å². The van der Waals surface area contributed by atoms with E-state index >= 15 is 0 Å². The standard InChI is InChI=1S/C25H24O4/c1-2-23(26)29-25-21-14-8-6-12-19(21)24(20-13-7-9-15-22(20)25)28-17-16-27-18-10-4-3-5-11-18/h2-6,8,10-12,14H,1,7,9,13,15-17H2. The number of esters is 1. The van der Waals surface area contributed by atoms with Gasteiger partial charge >= 0.3 is 5.97 Å². The van der Waals surface area contributed by atoms with Crippen molar-refractivity contribution >= 4 is 16.7 Å². The first-order valence-corrected chi connectivity index (χ1v) is 9.99. The number of hydrogen-bond donors (Lipinski definition) is 0. The third kappa shape index (κ3) is 4.11. The second-order valence-corrected chi connectivity index (χ2v) is 7.00. The molecule has 0 unspecified atom stereocenters. The zero-order chi connectivity index (χ0) is 20.1. The van der Waals surface area contributed by atoms with Crippen LogP contribution in [0.5, 0.6) is 17.2 Å². The van der Waals surface area contributed by atoms with Crippen molar-refractivity contribution in [2.75, 3.05) is 13.2 Å². The van der Waals surface area contributed by atoms with Gasteiger partial charge in [0.1, 0.15) is 30.5 Å². The normalized spacial score (nSPS) is 12.8. The molecule has 0 spiro atoms. The Kier molecular flexibility index (Phi) is 5.80. The number of carbonyl (C=O) groups excluding carboxylic acids is 1. The highest BCUT2D eigenvalue weighted by Gasteiger charge is 2.24. The largest absolute Gasteiger partial charge is 0.490 e. The maximum absolute atomic E-state index is 12.0. The van der Waals surface area contributed by atoms with E-state index in [1.54, 1.807) is 0 Å². The van der Waals surface area contributed by atoms with Crippen LogP contribution >= 0.6 is 0 Å². The molecule has 148 valence electrons. The topological polar surface area (TPSA) is 44.8 Å². The number of fused-ring (bicyclic) bond motifs is 2. The molecule has 0 fully saturated rings. The number of para-hydroxylation sites is 1. The smallest absolute Gasteiger partial charge is 0.335 e. The van der Waals surface area contributed by atoms with Crippen LogP contribution in [0.25, 0.3) is 10.8 Å². The molecule has 4 heteroatoms. The van der Waals surface area contributed by atoms with Crippen molar-refractivity contribution in [3.63, 3.8) is 0 Å². The first-order valence-electron chi connectivity index (χ1n) is 9.99. The van der Waals surface area contributed by atoms with Crippen LogP contribution in [0, 0.1) is 0 Å². The Bertz CT molecular complexity index is 1020. The van der Waals surface area contributed by atoms with E-state index < -0.39 is 5.97 Å². The number of ether oxygens (including phenoxy) is 3.